The van der Waals surface area contributed by atoms with Gasteiger partial charge in [-0.15, -0.1) is 0 Å². The number of nitrogens with zero attached hydrogens (tertiary/aromatic N) is 2. The molecule has 1 aliphatic rings. The number of carbonyl (C=O) groups excluding carboxylic acids is 2. The third-order valence-corrected chi connectivity index (χ3v) is 4.94. The van der Waals surface area contributed by atoms with Gasteiger partial charge in [0.25, 0.3) is 5.91 Å². The number of hydrogen-bond acceptors (Lipinski definition) is 2. The number of piperazine rings is 1. The molecular formula is C17H22Cl2N2O2. The Labute approximate surface area is 147 Å². The number of hydrogen-bond donors (Lipinski definition) is 0. The lowest BCUT2D eigenvalue weighted by Crippen LogP contribution is -2.52. The van der Waals surface area contributed by atoms with Crippen LogP contribution in [0.3, 0.4) is 0 Å². The predicted octanol–water partition coefficient (Wildman–Crippen LogP) is 3.71. The van der Waals surface area contributed by atoms with Crippen molar-refractivity contribution in [3.8, 4) is 0 Å². The molecule has 1 fully saturated rings. The molecule has 1 aromatic carbocycles. The minimum absolute atomic E-state index is 0.0830. The van der Waals surface area contributed by atoms with Gasteiger partial charge >= 0.3 is 0 Å². The second kappa shape index (κ2) is 8.02. The Morgan fingerprint density at radius 3 is 2.17 bits per heavy atom. The van der Waals surface area contributed by atoms with E-state index in [1.165, 1.54) is 0 Å². The normalized spacial score (nSPS) is 15.2. The number of benzene rings is 1. The minimum Gasteiger partial charge on any atom is -0.339 e. The van der Waals surface area contributed by atoms with E-state index in [-0.39, 0.29) is 17.7 Å². The summed E-state index contributed by atoms with van der Waals surface area (Å²) in [5, 5.41) is 0.884. The molecule has 0 saturated carbocycles. The topological polar surface area (TPSA) is 40.6 Å². The fraction of sp³-hybridized carbons (Fsp3) is 0.529. The van der Waals surface area contributed by atoms with Gasteiger partial charge in [-0.3, -0.25) is 9.59 Å². The molecule has 1 aromatic rings. The second-order valence-corrected chi connectivity index (χ2v) is 6.60. The molecule has 0 aromatic heterocycles. The molecule has 6 heteroatoms. The van der Waals surface area contributed by atoms with Crippen LogP contribution in [0.1, 0.15) is 37.0 Å². The van der Waals surface area contributed by atoms with Gasteiger partial charge in [-0.1, -0.05) is 37.0 Å². The highest BCUT2D eigenvalue weighted by molar-refractivity contribution is 6.35. The Balaban J connectivity index is 2.00. The van der Waals surface area contributed by atoms with Gasteiger partial charge in [0.2, 0.25) is 5.91 Å². The summed E-state index contributed by atoms with van der Waals surface area (Å²) in [4.78, 5) is 28.6. The van der Waals surface area contributed by atoms with Gasteiger partial charge in [-0.2, -0.15) is 0 Å². The summed E-state index contributed by atoms with van der Waals surface area (Å²) in [6, 6.07) is 4.88. The Morgan fingerprint density at radius 2 is 1.61 bits per heavy atom. The third kappa shape index (κ3) is 4.18. The van der Waals surface area contributed by atoms with E-state index in [1.807, 2.05) is 18.7 Å². The van der Waals surface area contributed by atoms with E-state index in [0.717, 1.165) is 12.8 Å². The van der Waals surface area contributed by atoms with Crippen LogP contribution >= 0.6 is 23.2 Å². The largest absolute Gasteiger partial charge is 0.339 e. The average molecular weight is 357 g/mol. The lowest BCUT2D eigenvalue weighted by molar-refractivity contribution is -0.137. The quantitative estimate of drug-likeness (QED) is 0.824. The molecule has 126 valence electrons. The zero-order valence-corrected chi connectivity index (χ0v) is 15.0. The predicted molar refractivity (Wildman–Crippen MR) is 93.0 cm³/mol. The van der Waals surface area contributed by atoms with Gasteiger partial charge in [-0.25, -0.2) is 0 Å². The van der Waals surface area contributed by atoms with Crippen molar-refractivity contribution in [2.24, 2.45) is 5.92 Å². The van der Waals surface area contributed by atoms with E-state index in [9.17, 15) is 9.59 Å². The molecule has 0 radical (unpaired) electrons. The molecule has 0 unspecified atom stereocenters. The highest BCUT2D eigenvalue weighted by Crippen LogP contribution is 2.23. The molecule has 0 atom stereocenters. The Hall–Kier alpha value is -1.26. The first-order valence-corrected chi connectivity index (χ1v) is 8.76. The molecule has 1 saturated heterocycles. The fourth-order valence-electron chi connectivity index (χ4n) is 2.86. The summed E-state index contributed by atoms with van der Waals surface area (Å²) in [5.74, 6) is 0.148. The Morgan fingerprint density at radius 1 is 1.04 bits per heavy atom. The molecule has 1 aliphatic heterocycles. The Kier molecular flexibility index (Phi) is 6.31. The summed E-state index contributed by atoms with van der Waals surface area (Å²) in [6.45, 7) is 6.25. The lowest BCUT2D eigenvalue weighted by Gasteiger charge is -2.36. The summed E-state index contributed by atoms with van der Waals surface area (Å²) in [7, 11) is 0. The van der Waals surface area contributed by atoms with Crippen LogP contribution in [0.5, 0.6) is 0 Å². The zero-order chi connectivity index (χ0) is 17.0. The highest BCUT2D eigenvalue weighted by atomic mass is 35.5. The maximum absolute atomic E-state index is 12.6. The monoisotopic (exact) mass is 356 g/mol. The fourth-order valence-corrected chi connectivity index (χ4v) is 3.23. The van der Waals surface area contributed by atoms with Crippen LogP contribution < -0.4 is 0 Å². The van der Waals surface area contributed by atoms with Crippen molar-refractivity contribution in [2.75, 3.05) is 26.2 Å². The third-order valence-electron chi connectivity index (χ3n) is 4.37. The highest BCUT2D eigenvalue weighted by Gasteiger charge is 2.28. The molecule has 4 nitrogen and oxygen atoms in total. The van der Waals surface area contributed by atoms with E-state index in [1.54, 1.807) is 23.1 Å². The van der Waals surface area contributed by atoms with Crippen LogP contribution in [0.25, 0.3) is 0 Å². The van der Waals surface area contributed by atoms with Gasteiger partial charge in [-0.05, 0) is 31.0 Å². The molecule has 0 spiro atoms. The van der Waals surface area contributed by atoms with Crippen molar-refractivity contribution in [1.82, 2.24) is 9.80 Å². The smallest absolute Gasteiger partial charge is 0.255 e. The SMILES string of the molecule is CCC(CC)C(=O)N1CCN(C(=O)c2cc(Cl)ccc2Cl)CC1. The standard InChI is InChI=1S/C17H22Cl2N2O2/c1-3-12(4-2)16(22)20-7-9-21(10-8-20)17(23)14-11-13(18)5-6-15(14)19/h5-6,11-12H,3-4,7-10H2,1-2H3. The molecule has 23 heavy (non-hydrogen) atoms. The van der Waals surface area contributed by atoms with E-state index in [4.69, 9.17) is 23.2 Å². The van der Waals surface area contributed by atoms with Crippen LogP contribution in [0.2, 0.25) is 10.0 Å². The van der Waals surface area contributed by atoms with Crippen LogP contribution in [0, 0.1) is 5.92 Å². The molecule has 2 rings (SSSR count). The van der Waals surface area contributed by atoms with E-state index in [2.05, 4.69) is 0 Å². The van der Waals surface area contributed by atoms with E-state index in [0.29, 0.717) is 41.8 Å². The van der Waals surface area contributed by atoms with Crippen LogP contribution in [0.15, 0.2) is 18.2 Å². The maximum atomic E-state index is 12.6. The zero-order valence-electron chi connectivity index (χ0n) is 13.5. The molecule has 0 bridgehead atoms. The summed E-state index contributed by atoms with van der Waals surface area (Å²) in [6.07, 6.45) is 1.71. The van der Waals surface area contributed by atoms with Crippen molar-refractivity contribution in [3.63, 3.8) is 0 Å². The number of halogens is 2. The summed E-state index contributed by atoms with van der Waals surface area (Å²) < 4.78 is 0. The molecule has 0 aliphatic carbocycles. The second-order valence-electron chi connectivity index (χ2n) is 5.76. The van der Waals surface area contributed by atoms with E-state index < -0.39 is 0 Å². The molecule has 2 amide bonds. The minimum atomic E-state index is -0.132. The summed E-state index contributed by atoms with van der Waals surface area (Å²) in [5.41, 5.74) is 0.416. The van der Waals surface area contributed by atoms with Gasteiger partial charge in [0.1, 0.15) is 0 Å². The first-order valence-electron chi connectivity index (χ1n) is 8.01. The maximum Gasteiger partial charge on any atom is 0.255 e. The van der Waals surface area contributed by atoms with Crippen molar-refractivity contribution in [2.45, 2.75) is 26.7 Å². The molecular weight excluding hydrogens is 335 g/mol. The number of rotatable bonds is 4. The van der Waals surface area contributed by atoms with Gasteiger partial charge < -0.3 is 9.80 Å². The lowest BCUT2D eigenvalue weighted by atomic mass is 10.0. The van der Waals surface area contributed by atoms with E-state index >= 15 is 0 Å². The molecule has 1 heterocycles. The van der Waals surface area contributed by atoms with Gasteiger partial charge in [0.05, 0.1) is 10.6 Å². The van der Waals surface area contributed by atoms with Gasteiger partial charge in [0.15, 0.2) is 0 Å². The molecule has 0 N–H and O–H groups in total. The number of amides is 2. The van der Waals surface area contributed by atoms with Crippen molar-refractivity contribution in [3.05, 3.63) is 33.8 Å². The van der Waals surface area contributed by atoms with Crippen molar-refractivity contribution >= 4 is 35.0 Å². The van der Waals surface area contributed by atoms with Crippen LogP contribution in [-0.4, -0.2) is 47.8 Å². The van der Waals surface area contributed by atoms with Crippen molar-refractivity contribution < 1.29 is 9.59 Å². The first-order chi connectivity index (χ1) is 11.0. The van der Waals surface area contributed by atoms with Gasteiger partial charge in [0, 0.05) is 37.1 Å². The first kappa shape index (κ1) is 18.1. The number of carbonyl (C=O) groups is 2. The van der Waals surface area contributed by atoms with Crippen LogP contribution in [-0.2, 0) is 4.79 Å². The average Bonchev–Trinajstić information content (AvgIpc) is 2.57. The Bertz CT molecular complexity index is 580. The summed E-state index contributed by atoms with van der Waals surface area (Å²) >= 11 is 12.0. The van der Waals surface area contributed by atoms with Crippen LogP contribution in [0.4, 0.5) is 0 Å². The van der Waals surface area contributed by atoms with Crippen molar-refractivity contribution in [1.29, 1.82) is 0 Å².